The summed E-state index contributed by atoms with van der Waals surface area (Å²) in [5.41, 5.74) is -1.42. The Hall–Kier alpha value is -1.10. The van der Waals surface area contributed by atoms with Crippen molar-refractivity contribution in [2.45, 2.75) is 241 Å². The second-order valence-electron chi connectivity index (χ2n) is 25.4. The summed E-state index contributed by atoms with van der Waals surface area (Å²) in [6.45, 7) is 17.1. The van der Waals surface area contributed by atoms with Crippen LogP contribution in [0.15, 0.2) is 12.2 Å². The molecule has 4 aliphatic carbocycles. The molecule has 29 atom stereocenters. The summed E-state index contributed by atoms with van der Waals surface area (Å²) in [7, 11) is 0. The van der Waals surface area contributed by atoms with Gasteiger partial charge in [-0.3, -0.25) is 0 Å². The van der Waals surface area contributed by atoms with Crippen molar-refractivity contribution in [3.8, 4) is 0 Å². The minimum Gasteiger partial charge on any atom is -0.394 e. The molecular formula is C53H90O21. The van der Waals surface area contributed by atoms with Gasteiger partial charge in [0.15, 0.2) is 18.9 Å². The molecule has 4 saturated carbocycles. The molecule has 8 rings (SSSR count). The first-order valence-electron chi connectivity index (χ1n) is 27.2. The third-order valence-corrected chi connectivity index (χ3v) is 21.0. The lowest BCUT2D eigenvalue weighted by Gasteiger charge is -2.71. The highest BCUT2D eigenvalue weighted by Gasteiger charge is 2.73. The largest absolute Gasteiger partial charge is 0.394 e. The summed E-state index contributed by atoms with van der Waals surface area (Å²) in [5.74, 6) is -0.349. The summed E-state index contributed by atoms with van der Waals surface area (Å²) in [4.78, 5) is 0. The maximum absolute atomic E-state index is 12.9. The molecule has 0 radical (unpaired) electrons. The lowest BCUT2D eigenvalue weighted by molar-refractivity contribution is -0.378. The zero-order valence-electron chi connectivity index (χ0n) is 44.2. The van der Waals surface area contributed by atoms with Crippen LogP contribution < -0.4 is 0 Å². The molecule has 21 nitrogen and oxygen atoms in total. The first-order chi connectivity index (χ1) is 34.7. The van der Waals surface area contributed by atoms with Crippen molar-refractivity contribution in [3.05, 3.63) is 12.2 Å². The second-order valence-corrected chi connectivity index (χ2v) is 25.4. The molecule has 4 saturated heterocycles. The molecule has 8 fully saturated rings. The number of fused-ring (bicyclic) bond motifs is 5. The normalized spacial score (nSPS) is 53.2. The summed E-state index contributed by atoms with van der Waals surface area (Å²) in [5, 5.41) is 152. The van der Waals surface area contributed by atoms with Gasteiger partial charge >= 0.3 is 0 Å². The maximum atomic E-state index is 12.9. The number of rotatable bonds is 16. The molecule has 0 aromatic heterocycles. The minimum atomic E-state index is -1.81. The zero-order valence-corrected chi connectivity index (χ0v) is 44.2. The average molecular weight is 1060 g/mol. The lowest BCUT2D eigenvalue weighted by atomic mass is 9.35. The third-order valence-electron chi connectivity index (χ3n) is 21.0. The Labute approximate surface area is 434 Å². The highest BCUT2D eigenvalue weighted by molar-refractivity contribution is 5.21. The van der Waals surface area contributed by atoms with Crippen molar-refractivity contribution in [1.29, 1.82) is 0 Å². The van der Waals surface area contributed by atoms with Crippen LogP contribution in [-0.4, -0.2) is 227 Å². The number of hydrogen-bond donors (Lipinski definition) is 14. The third kappa shape index (κ3) is 9.81. The van der Waals surface area contributed by atoms with Gasteiger partial charge in [-0.1, -0.05) is 47.1 Å². The van der Waals surface area contributed by atoms with Crippen LogP contribution in [0.3, 0.4) is 0 Å². The van der Waals surface area contributed by atoms with Crippen LogP contribution >= 0.6 is 0 Å². The molecule has 4 heterocycles. The van der Waals surface area contributed by atoms with Gasteiger partial charge in [0.25, 0.3) is 0 Å². The summed E-state index contributed by atoms with van der Waals surface area (Å²) in [6.07, 6.45) is -22.5. The maximum Gasteiger partial charge on any atom is 0.187 e. The Bertz CT molecular complexity index is 1910. The van der Waals surface area contributed by atoms with Gasteiger partial charge in [0.2, 0.25) is 0 Å². The van der Waals surface area contributed by atoms with Gasteiger partial charge in [0, 0.05) is 0 Å². The van der Waals surface area contributed by atoms with Crippen molar-refractivity contribution in [3.63, 3.8) is 0 Å². The molecule has 0 unspecified atom stereocenters. The Morgan fingerprint density at radius 3 is 1.74 bits per heavy atom. The number of allylic oxidation sites excluding steroid dienone is 1. The van der Waals surface area contributed by atoms with Crippen molar-refractivity contribution in [2.75, 3.05) is 26.4 Å². The lowest BCUT2D eigenvalue weighted by Crippen LogP contribution is -2.68. The topological polar surface area (TPSA) is 348 Å². The number of aliphatic hydroxyl groups excluding tert-OH is 14. The van der Waals surface area contributed by atoms with Crippen molar-refractivity contribution >= 4 is 0 Å². The first kappa shape index (κ1) is 59.0. The Balaban J connectivity index is 1.03. The molecule has 21 heteroatoms. The fraction of sp³-hybridized carbons (Fsp3) is 0.962. The fourth-order valence-corrected chi connectivity index (χ4v) is 16.7. The van der Waals surface area contributed by atoms with Crippen LogP contribution in [0.5, 0.6) is 0 Å². The number of aliphatic hydroxyl groups is 14. The van der Waals surface area contributed by atoms with Crippen LogP contribution in [0, 0.1) is 50.7 Å². The van der Waals surface area contributed by atoms with Gasteiger partial charge in [-0.2, -0.15) is 0 Å². The molecule has 74 heavy (non-hydrogen) atoms. The summed E-state index contributed by atoms with van der Waals surface area (Å²) in [6, 6.07) is 0. The predicted octanol–water partition coefficient (Wildman–Crippen LogP) is -1.29. The highest BCUT2D eigenvalue weighted by atomic mass is 16.8. The van der Waals surface area contributed by atoms with E-state index in [0.717, 1.165) is 24.8 Å². The van der Waals surface area contributed by atoms with Gasteiger partial charge in [-0.05, 0) is 122 Å². The SMILES string of the molecule is C=C(C)CCC[C@](C)([C@@H]1O[C@H](CO[C@@H]2O[C@@H](CO)[C@H](O)[C@H]2O)[C@@H](O)[C@H](O)[C@H]1O)[C@H]1CC[C@]2(C)[C@@H]1[C@H](O)C[C@@H]1[C@@]3(C)CC[C@H](O[C@@H]4O[C@H](CO)[C@@H](O)[C@H](O)[C@H]4O[C@@H]4O[C@H](CO)[C@@H](O)[C@H](O)[C@H]4O)C(C)(C)[C@@H]3CC[C@]12C. The van der Waals surface area contributed by atoms with Crippen LogP contribution in [0.2, 0.25) is 0 Å². The Morgan fingerprint density at radius 2 is 1.12 bits per heavy atom. The monoisotopic (exact) mass is 1060 g/mol. The van der Waals surface area contributed by atoms with Gasteiger partial charge in [0.1, 0.15) is 91.6 Å². The number of ether oxygens (including phenoxy) is 7. The van der Waals surface area contributed by atoms with Gasteiger partial charge in [-0.15, -0.1) is 6.58 Å². The van der Waals surface area contributed by atoms with E-state index in [1.165, 1.54) is 0 Å². The van der Waals surface area contributed by atoms with E-state index in [1.807, 2.05) is 6.92 Å². The second kappa shape index (κ2) is 22.1. The highest BCUT2D eigenvalue weighted by Crippen LogP contribution is 2.77. The molecule has 0 spiro atoms. The Kier molecular flexibility index (Phi) is 17.6. The molecule has 0 aromatic carbocycles. The molecule has 4 aliphatic heterocycles. The smallest absolute Gasteiger partial charge is 0.187 e. The van der Waals surface area contributed by atoms with E-state index in [0.29, 0.717) is 44.9 Å². The van der Waals surface area contributed by atoms with Crippen LogP contribution in [0.25, 0.3) is 0 Å². The van der Waals surface area contributed by atoms with E-state index >= 15 is 0 Å². The van der Waals surface area contributed by atoms with E-state index in [-0.39, 0.29) is 41.1 Å². The summed E-state index contributed by atoms with van der Waals surface area (Å²) >= 11 is 0. The van der Waals surface area contributed by atoms with Gasteiger partial charge in [-0.25, -0.2) is 0 Å². The molecular weight excluding hydrogens is 973 g/mol. The molecule has 0 bridgehead atoms. The predicted molar refractivity (Wildman–Crippen MR) is 259 cm³/mol. The van der Waals surface area contributed by atoms with Crippen molar-refractivity contribution in [1.82, 2.24) is 0 Å². The standard InChI is InChI=1S/C53H90O21/c1-23(2)10-9-14-50(5,45-41(65)38(62)37(61)29(69-45)22-68-46-42(66)36(60)28(21-56)70-46)24-11-16-53(8)33(24)25(57)18-31-51(6)15-13-32(49(3,4)30(51)12-17-52(31,53)7)73-48-44(40(64)35(59)27(20-55)72-48)74-47-43(67)39(63)34(58)26(19-54)71-47/h24-48,54-67H,1,9-22H2,2-8H3/t24-,25+,26+,27+,28-,29+,30-,31+,32-,33-,34+,35+,36-,37+,38-,39-,40-,41+,42+,43+,44+,45+,46+,47-,48-,50-,51-,52+,53+/m0/s1. The quantitative estimate of drug-likeness (QED) is 0.0632. The van der Waals surface area contributed by atoms with E-state index in [4.69, 9.17) is 33.2 Å². The van der Waals surface area contributed by atoms with Crippen molar-refractivity contribution in [2.24, 2.45) is 50.7 Å². The minimum absolute atomic E-state index is 0.0488. The van der Waals surface area contributed by atoms with E-state index in [9.17, 15) is 71.5 Å². The first-order valence-corrected chi connectivity index (χ1v) is 27.2. The molecule has 14 N–H and O–H groups in total. The van der Waals surface area contributed by atoms with E-state index in [1.54, 1.807) is 0 Å². The number of hydrogen-bond acceptors (Lipinski definition) is 21. The molecule has 8 aliphatic rings. The van der Waals surface area contributed by atoms with E-state index < -0.39 is 165 Å². The van der Waals surface area contributed by atoms with Crippen LogP contribution in [0.4, 0.5) is 0 Å². The molecule has 0 aromatic rings. The Morgan fingerprint density at radius 1 is 0.581 bits per heavy atom. The van der Waals surface area contributed by atoms with Gasteiger partial charge in [0.05, 0.1) is 44.7 Å². The van der Waals surface area contributed by atoms with Crippen LogP contribution in [-0.2, 0) is 33.2 Å². The molecule has 0 amide bonds. The summed E-state index contributed by atoms with van der Waals surface area (Å²) < 4.78 is 42.6. The van der Waals surface area contributed by atoms with Crippen LogP contribution in [0.1, 0.15) is 113 Å². The molecule has 428 valence electrons. The van der Waals surface area contributed by atoms with Gasteiger partial charge < -0.3 is 105 Å². The fourth-order valence-electron chi connectivity index (χ4n) is 16.7. The van der Waals surface area contributed by atoms with Crippen molar-refractivity contribution < 1.29 is 105 Å². The van der Waals surface area contributed by atoms with E-state index in [2.05, 4.69) is 48.1 Å². The average Bonchev–Trinajstić information content (AvgIpc) is 3.87. The zero-order chi connectivity index (χ0) is 54.4.